The van der Waals surface area contributed by atoms with E-state index in [4.69, 9.17) is 0 Å². The summed E-state index contributed by atoms with van der Waals surface area (Å²) >= 11 is 0. The Labute approximate surface area is 163 Å². The lowest BCUT2D eigenvalue weighted by Gasteiger charge is -2.20. The van der Waals surface area contributed by atoms with Gasteiger partial charge in [-0.05, 0) is 50.6 Å². The van der Waals surface area contributed by atoms with E-state index in [2.05, 4.69) is 80.6 Å². The Hall–Kier alpha value is -3.48. The molecule has 0 saturated carbocycles. The predicted octanol–water partition coefficient (Wildman–Crippen LogP) is 4.11. The van der Waals surface area contributed by atoms with Crippen LogP contribution in [-0.4, -0.2) is 39.5 Å². The van der Waals surface area contributed by atoms with E-state index in [9.17, 15) is 0 Å². The van der Waals surface area contributed by atoms with E-state index < -0.39 is 0 Å². The number of aromatic amines is 1. The van der Waals surface area contributed by atoms with E-state index in [-0.39, 0.29) is 0 Å². The number of hydrogen-bond donors (Lipinski definition) is 2. The van der Waals surface area contributed by atoms with Crippen LogP contribution in [0.5, 0.6) is 0 Å². The summed E-state index contributed by atoms with van der Waals surface area (Å²) in [6.45, 7) is 8.35. The third-order valence-corrected chi connectivity index (χ3v) is 4.77. The summed E-state index contributed by atoms with van der Waals surface area (Å²) in [5.74, 6) is 0.354. The summed E-state index contributed by atoms with van der Waals surface area (Å²) in [5.41, 5.74) is 8.69. The van der Waals surface area contributed by atoms with Crippen LogP contribution in [0.4, 0.5) is 11.6 Å². The van der Waals surface area contributed by atoms with Gasteiger partial charge in [0.2, 0.25) is 0 Å². The lowest BCUT2D eigenvalue weighted by Crippen LogP contribution is -2.21. The molecular weight excluding hydrogens is 350 g/mol. The van der Waals surface area contributed by atoms with Gasteiger partial charge in [0.15, 0.2) is 5.65 Å². The molecule has 0 saturated heterocycles. The van der Waals surface area contributed by atoms with Crippen LogP contribution >= 0.6 is 0 Å². The zero-order valence-electron chi connectivity index (χ0n) is 16.3. The maximum absolute atomic E-state index is 4.47. The van der Waals surface area contributed by atoms with Gasteiger partial charge in [-0.3, -0.25) is 0 Å². The van der Waals surface area contributed by atoms with E-state index in [1.165, 1.54) is 11.3 Å². The lowest BCUT2D eigenvalue weighted by atomic mass is 10.2. The smallest absolute Gasteiger partial charge is 0.265 e. The molecular formula is C21H23N7. The Morgan fingerprint density at radius 1 is 1.07 bits per heavy atom. The van der Waals surface area contributed by atoms with Crippen LogP contribution in [-0.2, 0) is 0 Å². The lowest BCUT2D eigenvalue weighted by molar-refractivity contribution is 0.866. The Kier molecular flexibility index (Phi) is 4.89. The second-order valence-electron chi connectivity index (χ2n) is 6.64. The number of anilines is 2. The zero-order valence-corrected chi connectivity index (χ0v) is 16.3. The summed E-state index contributed by atoms with van der Waals surface area (Å²) < 4.78 is 0. The van der Waals surface area contributed by atoms with Gasteiger partial charge >= 0.3 is 0 Å². The van der Waals surface area contributed by atoms with Crippen LogP contribution in [0.25, 0.3) is 22.1 Å². The number of nitrogens with one attached hydrogen (secondary N) is 2. The first-order valence-corrected chi connectivity index (χ1v) is 9.44. The van der Waals surface area contributed by atoms with E-state index in [1.807, 2.05) is 18.2 Å². The normalized spacial score (nSPS) is 11.5. The van der Waals surface area contributed by atoms with E-state index in [1.54, 1.807) is 6.21 Å². The highest BCUT2D eigenvalue weighted by Crippen LogP contribution is 2.23. The van der Waals surface area contributed by atoms with E-state index >= 15 is 0 Å². The van der Waals surface area contributed by atoms with Crippen molar-refractivity contribution in [2.24, 2.45) is 5.10 Å². The number of rotatable bonds is 6. The first-order chi connectivity index (χ1) is 13.7. The average molecular weight is 373 g/mol. The average Bonchev–Trinajstić information content (AvgIpc) is 3.07. The zero-order chi connectivity index (χ0) is 19.5. The molecule has 0 unspecified atom stereocenters. The second-order valence-corrected chi connectivity index (χ2v) is 6.64. The van der Waals surface area contributed by atoms with Crippen molar-refractivity contribution in [1.82, 2.24) is 20.2 Å². The third-order valence-electron chi connectivity index (χ3n) is 4.77. The molecule has 2 aromatic carbocycles. The van der Waals surface area contributed by atoms with Gasteiger partial charge < -0.3 is 9.88 Å². The quantitative estimate of drug-likeness (QED) is 0.393. The SMILES string of the molecule is CCN(CC)c1ccc(C=NNc2nnc3c(n2)[nH]c2ccc(C)cc23)cc1. The molecule has 7 nitrogen and oxygen atoms in total. The van der Waals surface area contributed by atoms with Crippen LogP contribution in [0.1, 0.15) is 25.0 Å². The van der Waals surface area contributed by atoms with Crippen molar-refractivity contribution in [2.75, 3.05) is 23.4 Å². The van der Waals surface area contributed by atoms with Crippen molar-refractivity contribution < 1.29 is 0 Å². The van der Waals surface area contributed by atoms with Crippen molar-refractivity contribution >= 4 is 39.9 Å². The van der Waals surface area contributed by atoms with Crippen molar-refractivity contribution in [3.8, 4) is 0 Å². The van der Waals surface area contributed by atoms with Gasteiger partial charge in [-0.15, -0.1) is 10.2 Å². The largest absolute Gasteiger partial charge is 0.372 e. The van der Waals surface area contributed by atoms with Crippen molar-refractivity contribution in [3.05, 3.63) is 53.6 Å². The maximum Gasteiger partial charge on any atom is 0.265 e. The molecule has 7 heteroatoms. The summed E-state index contributed by atoms with van der Waals surface area (Å²) in [6.07, 6.45) is 1.74. The van der Waals surface area contributed by atoms with Gasteiger partial charge in [0.1, 0.15) is 5.52 Å². The molecule has 4 rings (SSSR count). The van der Waals surface area contributed by atoms with Gasteiger partial charge in [-0.2, -0.15) is 10.1 Å². The molecule has 28 heavy (non-hydrogen) atoms. The number of fused-ring (bicyclic) bond motifs is 3. The number of benzene rings is 2. The summed E-state index contributed by atoms with van der Waals surface area (Å²) in [7, 11) is 0. The number of nitrogens with zero attached hydrogens (tertiary/aromatic N) is 5. The van der Waals surface area contributed by atoms with Gasteiger partial charge in [-0.1, -0.05) is 23.8 Å². The highest BCUT2D eigenvalue weighted by molar-refractivity contribution is 6.03. The Morgan fingerprint density at radius 3 is 2.61 bits per heavy atom. The monoisotopic (exact) mass is 373 g/mol. The minimum absolute atomic E-state index is 0.354. The van der Waals surface area contributed by atoms with Crippen LogP contribution in [0.15, 0.2) is 47.6 Å². The molecule has 2 aromatic heterocycles. The van der Waals surface area contributed by atoms with Crippen molar-refractivity contribution in [1.29, 1.82) is 0 Å². The van der Waals surface area contributed by atoms with Gasteiger partial charge in [0.05, 0.1) is 6.21 Å². The van der Waals surface area contributed by atoms with Crippen molar-refractivity contribution in [2.45, 2.75) is 20.8 Å². The first-order valence-electron chi connectivity index (χ1n) is 9.44. The number of hydrazone groups is 1. The number of aryl methyl sites for hydroxylation is 1. The molecule has 2 heterocycles. The third kappa shape index (κ3) is 3.51. The highest BCUT2D eigenvalue weighted by Gasteiger charge is 2.09. The Bertz CT molecular complexity index is 1120. The van der Waals surface area contributed by atoms with Crippen LogP contribution in [0.3, 0.4) is 0 Å². The topological polar surface area (TPSA) is 82.1 Å². The van der Waals surface area contributed by atoms with Gasteiger partial charge in [-0.25, -0.2) is 5.43 Å². The molecule has 0 aliphatic rings. The Balaban J connectivity index is 1.49. The highest BCUT2D eigenvalue weighted by atomic mass is 15.4. The van der Waals surface area contributed by atoms with Crippen LogP contribution in [0.2, 0.25) is 0 Å². The van der Waals surface area contributed by atoms with Crippen LogP contribution in [0, 0.1) is 6.92 Å². The number of hydrogen-bond acceptors (Lipinski definition) is 6. The van der Waals surface area contributed by atoms with Gasteiger partial charge in [0.25, 0.3) is 5.95 Å². The molecule has 2 N–H and O–H groups in total. The molecule has 0 amide bonds. The summed E-state index contributed by atoms with van der Waals surface area (Å²) in [6, 6.07) is 14.5. The fourth-order valence-corrected chi connectivity index (χ4v) is 3.26. The predicted molar refractivity (Wildman–Crippen MR) is 115 cm³/mol. The minimum atomic E-state index is 0.354. The van der Waals surface area contributed by atoms with Crippen molar-refractivity contribution in [3.63, 3.8) is 0 Å². The molecule has 142 valence electrons. The molecule has 4 aromatic rings. The molecule has 0 aliphatic heterocycles. The standard InChI is InChI=1S/C21H23N7/c1-4-28(5-2)16-9-7-15(8-10-16)13-22-26-21-24-20-19(25-27-21)17-12-14(3)6-11-18(17)23-20/h6-13H,4-5H2,1-3H3,(H2,23,24,26,27). The summed E-state index contributed by atoms with van der Waals surface area (Å²) in [5, 5.41) is 13.7. The molecule has 0 radical (unpaired) electrons. The molecule has 0 fully saturated rings. The second kappa shape index (κ2) is 7.64. The molecule has 0 aliphatic carbocycles. The Morgan fingerprint density at radius 2 is 1.86 bits per heavy atom. The fraction of sp³-hybridized carbons (Fsp3) is 0.238. The molecule has 0 atom stereocenters. The molecule has 0 spiro atoms. The summed E-state index contributed by atoms with van der Waals surface area (Å²) in [4.78, 5) is 10.0. The van der Waals surface area contributed by atoms with E-state index in [0.29, 0.717) is 11.6 Å². The first kappa shape index (κ1) is 17.9. The van der Waals surface area contributed by atoms with Gasteiger partial charge in [0, 0.05) is 29.7 Å². The maximum atomic E-state index is 4.47. The van der Waals surface area contributed by atoms with E-state index in [0.717, 1.165) is 35.1 Å². The molecule has 0 bridgehead atoms. The fourth-order valence-electron chi connectivity index (χ4n) is 3.26. The number of H-pyrrole nitrogens is 1. The minimum Gasteiger partial charge on any atom is -0.372 e. The number of aromatic nitrogens is 4. The van der Waals surface area contributed by atoms with Crippen LogP contribution < -0.4 is 10.3 Å².